The molecule has 0 saturated carbocycles. The Morgan fingerprint density at radius 3 is 1.92 bits per heavy atom. The monoisotopic (exact) mass is 325 g/mol. The fourth-order valence-electron chi connectivity index (χ4n) is 2.36. The van der Waals surface area contributed by atoms with Crippen LogP contribution in [0.15, 0.2) is 65.8 Å². The Morgan fingerprint density at radius 2 is 1.50 bits per heavy atom. The standard InChI is InChI=1S/C19H23N3O2/c1-3-24-19(23)18(21-20-2)22(14-16-10-6-4-7-11-16)15-17-12-8-5-9-13-17/h4-13,20H,3,14-15H2,1-2H3/b21-18+. The fraction of sp³-hybridized carbons (Fsp3) is 0.263. The van der Waals surface area contributed by atoms with Crippen molar-refractivity contribution in [2.24, 2.45) is 5.10 Å². The fourth-order valence-corrected chi connectivity index (χ4v) is 2.36. The van der Waals surface area contributed by atoms with Crippen molar-refractivity contribution in [3.05, 3.63) is 71.8 Å². The second-order valence-electron chi connectivity index (χ2n) is 5.21. The molecule has 0 radical (unpaired) electrons. The van der Waals surface area contributed by atoms with E-state index in [0.29, 0.717) is 19.7 Å². The van der Waals surface area contributed by atoms with Gasteiger partial charge < -0.3 is 15.1 Å². The zero-order valence-corrected chi connectivity index (χ0v) is 14.1. The third-order valence-corrected chi connectivity index (χ3v) is 3.41. The van der Waals surface area contributed by atoms with Crippen LogP contribution in [-0.2, 0) is 22.6 Å². The highest BCUT2D eigenvalue weighted by Gasteiger charge is 2.21. The molecule has 5 heteroatoms. The van der Waals surface area contributed by atoms with Crippen molar-refractivity contribution in [1.82, 2.24) is 10.3 Å². The van der Waals surface area contributed by atoms with Crippen LogP contribution >= 0.6 is 0 Å². The lowest BCUT2D eigenvalue weighted by molar-refractivity contribution is -0.136. The molecule has 0 aliphatic rings. The van der Waals surface area contributed by atoms with E-state index in [0.717, 1.165) is 11.1 Å². The van der Waals surface area contributed by atoms with Crippen LogP contribution in [0.25, 0.3) is 0 Å². The van der Waals surface area contributed by atoms with Crippen LogP contribution in [0.2, 0.25) is 0 Å². The van der Waals surface area contributed by atoms with Gasteiger partial charge in [-0.1, -0.05) is 60.7 Å². The van der Waals surface area contributed by atoms with E-state index in [1.54, 1.807) is 14.0 Å². The summed E-state index contributed by atoms with van der Waals surface area (Å²) >= 11 is 0. The minimum absolute atomic E-state index is 0.270. The lowest BCUT2D eigenvalue weighted by atomic mass is 10.1. The molecule has 0 fully saturated rings. The van der Waals surface area contributed by atoms with E-state index >= 15 is 0 Å². The number of carbonyl (C=O) groups excluding carboxylic acids is 1. The van der Waals surface area contributed by atoms with Crippen LogP contribution in [0.4, 0.5) is 0 Å². The van der Waals surface area contributed by atoms with Gasteiger partial charge in [-0.05, 0) is 18.1 Å². The van der Waals surface area contributed by atoms with Gasteiger partial charge in [0.15, 0.2) is 0 Å². The van der Waals surface area contributed by atoms with Gasteiger partial charge in [-0.25, -0.2) is 4.79 Å². The van der Waals surface area contributed by atoms with Gasteiger partial charge >= 0.3 is 5.97 Å². The van der Waals surface area contributed by atoms with Crippen LogP contribution in [0.5, 0.6) is 0 Å². The molecule has 0 saturated heterocycles. The highest BCUT2D eigenvalue weighted by molar-refractivity contribution is 6.35. The number of carbonyl (C=O) groups is 1. The van der Waals surface area contributed by atoms with Crippen molar-refractivity contribution >= 4 is 11.8 Å². The summed E-state index contributed by atoms with van der Waals surface area (Å²) in [6.45, 7) is 3.23. The molecule has 0 atom stereocenters. The third-order valence-electron chi connectivity index (χ3n) is 3.41. The molecule has 2 rings (SSSR count). The SMILES string of the molecule is CCOC(=O)/C(=N\NC)N(Cc1ccccc1)Cc1ccccc1. The second-order valence-corrected chi connectivity index (χ2v) is 5.21. The Hall–Kier alpha value is -2.82. The summed E-state index contributed by atoms with van der Waals surface area (Å²) < 4.78 is 5.16. The highest BCUT2D eigenvalue weighted by Crippen LogP contribution is 2.12. The summed E-state index contributed by atoms with van der Waals surface area (Å²) in [5.74, 6) is -0.161. The van der Waals surface area contributed by atoms with Crippen LogP contribution in [-0.4, -0.2) is 30.4 Å². The number of hydrogen-bond donors (Lipinski definition) is 1. The third kappa shape index (κ3) is 5.12. The molecule has 24 heavy (non-hydrogen) atoms. The van der Waals surface area contributed by atoms with Crippen LogP contribution < -0.4 is 5.43 Å². The number of nitrogens with zero attached hydrogens (tertiary/aromatic N) is 2. The first-order valence-corrected chi connectivity index (χ1v) is 7.99. The lowest BCUT2D eigenvalue weighted by Gasteiger charge is -2.25. The Kier molecular flexibility index (Phi) is 6.83. The Labute approximate surface area is 142 Å². The van der Waals surface area contributed by atoms with Gasteiger partial charge in [0.05, 0.1) is 6.61 Å². The maximum atomic E-state index is 12.3. The zero-order valence-electron chi connectivity index (χ0n) is 14.1. The molecule has 0 bridgehead atoms. The van der Waals surface area contributed by atoms with E-state index in [4.69, 9.17) is 4.74 Å². The summed E-state index contributed by atoms with van der Waals surface area (Å²) in [4.78, 5) is 14.2. The minimum Gasteiger partial charge on any atom is -0.460 e. The summed E-state index contributed by atoms with van der Waals surface area (Å²) in [6.07, 6.45) is 0. The van der Waals surface area contributed by atoms with E-state index < -0.39 is 5.97 Å². The van der Waals surface area contributed by atoms with Crippen molar-refractivity contribution < 1.29 is 9.53 Å². The molecule has 0 unspecified atom stereocenters. The summed E-state index contributed by atoms with van der Waals surface area (Å²) in [5.41, 5.74) is 4.90. The zero-order chi connectivity index (χ0) is 17.2. The molecule has 0 aromatic heterocycles. The topological polar surface area (TPSA) is 53.9 Å². The summed E-state index contributed by atoms with van der Waals surface area (Å²) in [7, 11) is 1.67. The average molecular weight is 325 g/mol. The van der Waals surface area contributed by atoms with E-state index in [1.165, 1.54) is 0 Å². The molecule has 0 spiro atoms. The van der Waals surface area contributed by atoms with Gasteiger partial charge in [-0.15, -0.1) is 0 Å². The number of ether oxygens (including phenoxy) is 1. The van der Waals surface area contributed by atoms with E-state index in [1.807, 2.05) is 65.6 Å². The van der Waals surface area contributed by atoms with Gasteiger partial charge in [0.1, 0.15) is 0 Å². The summed E-state index contributed by atoms with van der Waals surface area (Å²) in [6, 6.07) is 20.0. The molecule has 2 aromatic rings. The van der Waals surface area contributed by atoms with Crippen molar-refractivity contribution in [2.75, 3.05) is 13.7 Å². The number of amidine groups is 1. The number of rotatable bonds is 6. The van der Waals surface area contributed by atoms with Crippen molar-refractivity contribution in [3.8, 4) is 0 Å². The Morgan fingerprint density at radius 1 is 1.00 bits per heavy atom. The molecule has 5 nitrogen and oxygen atoms in total. The molecular weight excluding hydrogens is 302 g/mol. The maximum absolute atomic E-state index is 12.3. The normalized spacial score (nSPS) is 11.0. The maximum Gasteiger partial charge on any atom is 0.376 e. The minimum atomic E-state index is -0.432. The number of hydrogen-bond acceptors (Lipinski definition) is 4. The predicted molar refractivity (Wildman–Crippen MR) is 95.3 cm³/mol. The van der Waals surface area contributed by atoms with E-state index in [-0.39, 0.29) is 5.84 Å². The van der Waals surface area contributed by atoms with Crippen molar-refractivity contribution in [2.45, 2.75) is 20.0 Å². The predicted octanol–water partition coefficient (Wildman–Crippen LogP) is 2.78. The highest BCUT2D eigenvalue weighted by atomic mass is 16.5. The molecule has 2 aromatic carbocycles. The van der Waals surface area contributed by atoms with Crippen LogP contribution in [0.1, 0.15) is 18.1 Å². The van der Waals surface area contributed by atoms with Gasteiger partial charge in [0.25, 0.3) is 0 Å². The van der Waals surface area contributed by atoms with E-state index in [2.05, 4.69) is 10.5 Å². The number of nitrogens with one attached hydrogen (secondary N) is 1. The first-order valence-electron chi connectivity index (χ1n) is 7.99. The molecule has 0 aliphatic carbocycles. The largest absolute Gasteiger partial charge is 0.460 e. The van der Waals surface area contributed by atoms with Gasteiger partial charge in [-0.3, -0.25) is 0 Å². The van der Waals surface area contributed by atoms with Gasteiger partial charge in [0.2, 0.25) is 5.84 Å². The van der Waals surface area contributed by atoms with Crippen LogP contribution in [0.3, 0.4) is 0 Å². The van der Waals surface area contributed by atoms with Crippen molar-refractivity contribution in [1.29, 1.82) is 0 Å². The molecule has 0 heterocycles. The van der Waals surface area contributed by atoms with Crippen LogP contribution in [0, 0.1) is 0 Å². The molecule has 0 amide bonds. The van der Waals surface area contributed by atoms with Gasteiger partial charge in [0, 0.05) is 20.1 Å². The first kappa shape index (κ1) is 17.5. The first-order chi connectivity index (χ1) is 11.7. The summed E-state index contributed by atoms with van der Waals surface area (Å²) in [5, 5.41) is 4.15. The number of esters is 1. The smallest absolute Gasteiger partial charge is 0.376 e. The molecular formula is C19H23N3O2. The van der Waals surface area contributed by atoms with Gasteiger partial charge in [-0.2, -0.15) is 5.10 Å². The quantitative estimate of drug-likeness (QED) is 0.384. The van der Waals surface area contributed by atoms with Crippen molar-refractivity contribution in [3.63, 3.8) is 0 Å². The molecule has 0 aliphatic heterocycles. The average Bonchev–Trinajstić information content (AvgIpc) is 2.61. The number of hydrazone groups is 1. The van der Waals surface area contributed by atoms with E-state index in [9.17, 15) is 4.79 Å². The molecule has 126 valence electrons. The Bertz CT molecular complexity index is 615. The molecule has 1 N–H and O–H groups in total. The Balaban J connectivity index is 2.29. The number of benzene rings is 2. The lowest BCUT2D eigenvalue weighted by Crippen LogP contribution is -2.38. The second kappa shape index (κ2) is 9.35.